The van der Waals surface area contributed by atoms with E-state index in [1.165, 1.54) is 0 Å². The molecule has 0 fully saturated rings. The number of carbonyl (C=O) groups is 1. The first kappa shape index (κ1) is 10.8. The van der Waals surface area contributed by atoms with Gasteiger partial charge in [-0.05, 0) is 12.1 Å². The summed E-state index contributed by atoms with van der Waals surface area (Å²) in [5, 5.41) is 13.2. The Morgan fingerprint density at radius 3 is 2.56 bits per heavy atom. The molecule has 0 bridgehead atoms. The van der Waals surface area contributed by atoms with Crippen LogP contribution in [-0.2, 0) is 14.1 Å². The van der Waals surface area contributed by atoms with Gasteiger partial charge in [-0.25, -0.2) is 4.79 Å². The fourth-order valence-corrected chi connectivity index (χ4v) is 1.83. The van der Waals surface area contributed by atoms with Gasteiger partial charge in [0.2, 0.25) is 0 Å². The van der Waals surface area contributed by atoms with Gasteiger partial charge in [-0.15, -0.1) is 0 Å². The maximum Gasteiger partial charge on any atom is 0.338 e. The van der Waals surface area contributed by atoms with Crippen LogP contribution in [0.1, 0.15) is 10.4 Å². The Hall–Kier alpha value is -1.75. The van der Waals surface area contributed by atoms with E-state index in [0.29, 0.717) is 0 Å². The second kappa shape index (κ2) is 3.68. The van der Waals surface area contributed by atoms with Crippen molar-refractivity contribution in [1.29, 1.82) is 0 Å². The Bertz CT molecular complexity index is 556. The molecule has 16 heavy (non-hydrogen) atoms. The van der Waals surface area contributed by atoms with Gasteiger partial charge in [-0.2, -0.15) is 5.10 Å². The number of hydrogen-bond donors (Lipinski definition) is 1. The molecule has 0 saturated heterocycles. The Labute approximate surface area is 96.9 Å². The van der Waals surface area contributed by atoms with Crippen LogP contribution in [0, 0.1) is 0 Å². The van der Waals surface area contributed by atoms with Gasteiger partial charge in [0.05, 0.1) is 17.0 Å². The van der Waals surface area contributed by atoms with Crippen LogP contribution in [0.15, 0.2) is 18.3 Å². The van der Waals surface area contributed by atoms with E-state index >= 15 is 0 Å². The molecule has 0 radical (unpaired) electrons. The molecule has 0 amide bonds. The minimum absolute atomic E-state index is 0.0976. The minimum atomic E-state index is -1.03. The van der Waals surface area contributed by atoms with Gasteiger partial charge in [0.25, 0.3) is 0 Å². The highest BCUT2D eigenvalue weighted by atomic mass is 35.5. The first-order valence-corrected chi connectivity index (χ1v) is 4.97. The van der Waals surface area contributed by atoms with E-state index in [4.69, 9.17) is 16.7 Å². The second-order valence-electron chi connectivity index (χ2n) is 3.44. The molecule has 0 aliphatic rings. The van der Waals surface area contributed by atoms with Crippen LogP contribution < -0.4 is 0 Å². The summed E-state index contributed by atoms with van der Waals surface area (Å²) in [6.45, 7) is 0. The van der Waals surface area contributed by atoms with Crippen molar-refractivity contribution in [3.63, 3.8) is 0 Å². The van der Waals surface area contributed by atoms with Crippen LogP contribution in [0.4, 0.5) is 0 Å². The largest absolute Gasteiger partial charge is 0.478 e. The number of aryl methyl sites for hydroxylation is 1. The number of rotatable bonds is 2. The molecular formula is C10H10ClN3O2. The highest BCUT2D eigenvalue weighted by Crippen LogP contribution is 2.27. The number of aromatic carboxylic acids is 1. The van der Waals surface area contributed by atoms with Crippen LogP contribution >= 0.6 is 11.6 Å². The summed E-state index contributed by atoms with van der Waals surface area (Å²) >= 11 is 5.93. The molecular weight excluding hydrogens is 230 g/mol. The fraction of sp³-hybridized carbons (Fsp3) is 0.200. The zero-order valence-corrected chi connectivity index (χ0v) is 9.56. The summed E-state index contributed by atoms with van der Waals surface area (Å²) in [6, 6.07) is 3.35. The summed E-state index contributed by atoms with van der Waals surface area (Å²) in [5.41, 5.74) is 1.64. The Kier molecular flexibility index (Phi) is 2.47. The van der Waals surface area contributed by atoms with Gasteiger partial charge in [0, 0.05) is 20.3 Å². The zero-order chi connectivity index (χ0) is 11.9. The third kappa shape index (κ3) is 1.49. The van der Waals surface area contributed by atoms with Gasteiger partial charge in [0.15, 0.2) is 0 Å². The molecule has 0 atom stereocenters. The maximum absolute atomic E-state index is 10.9. The van der Waals surface area contributed by atoms with Crippen molar-refractivity contribution in [1.82, 2.24) is 14.3 Å². The van der Waals surface area contributed by atoms with Crippen molar-refractivity contribution >= 4 is 17.6 Å². The average molecular weight is 240 g/mol. The average Bonchev–Trinajstić information content (AvgIpc) is 2.74. The van der Waals surface area contributed by atoms with E-state index in [1.54, 1.807) is 41.7 Å². The van der Waals surface area contributed by atoms with Gasteiger partial charge in [0.1, 0.15) is 5.15 Å². The lowest BCUT2D eigenvalue weighted by Crippen LogP contribution is -1.98. The summed E-state index contributed by atoms with van der Waals surface area (Å²) in [6.07, 6.45) is 1.65. The second-order valence-corrected chi connectivity index (χ2v) is 3.80. The van der Waals surface area contributed by atoms with Crippen molar-refractivity contribution < 1.29 is 9.90 Å². The molecule has 2 heterocycles. The fourth-order valence-electron chi connectivity index (χ4n) is 1.60. The highest BCUT2D eigenvalue weighted by Gasteiger charge is 2.18. The lowest BCUT2D eigenvalue weighted by atomic mass is 10.2. The van der Waals surface area contributed by atoms with Crippen LogP contribution in [0.2, 0.25) is 5.15 Å². The molecule has 0 aliphatic carbocycles. The van der Waals surface area contributed by atoms with Crippen molar-refractivity contribution in [2.75, 3.05) is 0 Å². The summed E-state index contributed by atoms with van der Waals surface area (Å²) < 4.78 is 3.29. The molecule has 6 heteroatoms. The van der Waals surface area contributed by atoms with Gasteiger partial charge >= 0.3 is 5.97 Å². The molecule has 1 N–H and O–H groups in total. The van der Waals surface area contributed by atoms with E-state index in [-0.39, 0.29) is 10.7 Å². The van der Waals surface area contributed by atoms with E-state index < -0.39 is 5.97 Å². The number of carboxylic acid groups (broad SMARTS) is 1. The lowest BCUT2D eigenvalue weighted by Gasteiger charge is -2.03. The monoisotopic (exact) mass is 239 g/mol. The highest BCUT2D eigenvalue weighted by molar-refractivity contribution is 6.33. The smallest absolute Gasteiger partial charge is 0.338 e. The third-order valence-corrected chi connectivity index (χ3v) is 2.93. The Morgan fingerprint density at radius 2 is 2.12 bits per heavy atom. The molecule has 2 rings (SSSR count). The summed E-state index contributed by atoms with van der Waals surface area (Å²) in [5.74, 6) is -1.03. The van der Waals surface area contributed by atoms with Crippen LogP contribution in [0.25, 0.3) is 11.4 Å². The van der Waals surface area contributed by atoms with Gasteiger partial charge in [-0.1, -0.05) is 11.6 Å². The molecule has 0 spiro atoms. The van der Waals surface area contributed by atoms with Crippen LogP contribution in [-0.4, -0.2) is 25.4 Å². The summed E-state index contributed by atoms with van der Waals surface area (Å²) in [7, 11) is 3.51. The van der Waals surface area contributed by atoms with Crippen LogP contribution in [0.3, 0.4) is 0 Å². The van der Waals surface area contributed by atoms with Gasteiger partial charge in [-0.3, -0.25) is 4.68 Å². The maximum atomic E-state index is 10.9. The van der Waals surface area contributed by atoms with E-state index in [2.05, 4.69) is 5.10 Å². The van der Waals surface area contributed by atoms with Crippen LogP contribution in [0.5, 0.6) is 0 Å². The molecule has 84 valence electrons. The Morgan fingerprint density at radius 1 is 1.44 bits per heavy atom. The molecule has 0 aromatic carbocycles. The number of halogens is 1. The van der Waals surface area contributed by atoms with E-state index in [1.807, 2.05) is 0 Å². The predicted octanol–water partition coefficient (Wildman–Crippen LogP) is 1.78. The lowest BCUT2D eigenvalue weighted by molar-refractivity contribution is 0.0697. The summed E-state index contributed by atoms with van der Waals surface area (Å²) in [4.78, 5) is 10.9. The minimum Gasteiger partial charge on any atom is -0.478 e. The molecule has 2 aromatic rings. The van der Waals surface area contributed by atoms with E-state index in [9.17, 15) is 4.79 Å². The number of aromatic nitrogens is 3. The third-order valence-electron chi connectivity index (χ3n) is 2.47. The Balaban J connectivity index is 2.64. The molecule has 0 unspecified atom stereocenters. The number of carboxylic acids is 1. The van der Waals surface area contributed by atoms with Crippen molar-refractivity contribution in [3.05, 3.63) is 29.0 Å². The zero-order valence-electron chi connectivity index (χ0n) is 8.81. The molecule has 5 nitrogen and oxygen atoms in total. The molecule has 0 saturated carbocycles. The SMILES string of the molecule is Cn1nccc1-c1cc(C(=O)O)c(Cl)n1C. The van der Waals surface area contributed by atoms with Gasteiger partial charge < -0.3 is 9.67 Å². The first-order chi connectivity index (χ1) is 7.52. The topological polar surface area (TPSA) is 60.1 Å². The van der Waals surface area contributed by atoms with Crippen molar-refractivity contribution in [2.45, 2.75) is 0 Å². The predicted molar refractivity (Wildman–Crippen MR) is 59.6 cm³/mol. The number of hydrogen-bond acceptors (Lipinski definition) is 2. The quantitative estimate of drug-likeness (QED) is 0.869. The molecule has 0 aliphatic heterocycles. The number of nitrogens with zero attached hydrogens (tertiary/aromatic N) is 3. The molecule has 2 aromatic heterocycles. The normalized spacial score (nSPS) is 10.7. The standard InChI is InChI=1S/C10H10ClN3O2/c1-13-8(7-3-4-12-14(7)2)5-6(9(13)11)10(15)16/h3-5H,1-2H3,(H,15,16). The first-order valence-electron chi connectivity index (χ1n) is 4.59. The van der Waals surface area contributed by atoms with E-state index in [0.717, 1.165) is 11.4 Å². The van der Waals surface area contributed by atoms with Crippen molar-refractivity contribution in [2.24, 2.45) is 14.1 Å². The van der Waals surface area contributed by atoms with Crippen molar-refractivity contribution in [3.8, 4) is 11.4 Å².